The van der Waals surface area contributed by atoms with E-state index in [0.29, 0.717) is 31.1 Å². The van der Waals surface area contributed by atoms with Gasteiger partial charge in [0.25, 0.3) is 0 Å². The van der Waals surface area contributed by atoms with Crippen molar-refractivity contribution in [1.82, 2.24) is 5.32 Å². The Kier molecular flexibility index (Phi) is 8.96. The first-order valence-corrected chi connectivity index (χ1v) is 13.0. The van der Waals surface area contributed by atoms with Crippen molar-refractivity contribution < 1.29 is 19.1 Å². The molecule has 3 aromatic carbocycles. The second kappa shape index (κ2) is 12.5. The van der Waals surface area contributed by atoms with Gasteiger partial charge in [0.05, 0.1) is 18.8 Å². The van der Waals surface area contributed by atoms with E-state index < -0.39 is 12.1 Å². The summed E-state index contributed by atoms with van der Waals surface area (Å²) in [5, 5.41) is 3.28. The molecule has 0 saturated heterocycles. The van der Waals surface area contributed by atoms with Crippen LogP contribution in [0.15, 0.2) is 78.9 Å². The van der Waals surface area contributed by atoms with Crippen molar-refractivity contribution in [2.75, 3.05) is 18.1 Å². The highest BCUT2D eigenvalue weighted by molar-refractivity contribution is 5.99. The normalized spacial score (nSPS) is 16.1. The molecular weight excluding hydrogens is 464 g/mol. The lowest BCUT2D eigenvalue weighted by Gasteiger charge is -2.27. The largest absolute Gasteiger partial charge is 0.489 e. The number of esters is 1. The Bertz CT molecular complexity index is 1180. The number of anilines is 1. The molecule has 2 atom stereocenters. The van der Waals surface area contributed by atoms with E-state index in [4.69, 9.17) is 9.47 Å². The van der Waals surface area contributed by atoms with Crippen LogP contribution >= 0.6 is 0 Å². The fourth-order valence-electron chi connectivity index (χ4n) is 4.54. The van der Waals surface area contributed by atoms with E-state index in [1.165, 1.54) is 5.56 Å². The number of ether oxygens (including phenoxy) is 2. The van der Waals surface area contributed by atoms with Crippen LogP contribution in [-0.4, -0.2) is 37.2 Å². The summed E-state index contributed by atoms with van der Waals surface area (Å²) < 4.78 is 11.4. The maximum atomic E-state index is 13.9. The summed E-state index contributed by atoms with van der Waals surface area (Å²) in [6, 6.07) is 24.6. The zero-order valence-corrected chi connectivity index (χ0v) is 21.9. The quantitative estimate of drug-likeness (QED) is 0.385. The van der Waals surface area contributed by atoms with Gasteiger partial charge < -0.3 is 14.4 Å². The third kappa shape index (κ3) is 6.77. The number of carbonyl (C=O) groups is 2. The molecule has 1 aliphatic rings. The number of hydrogen-bond acceptors (Lipinski definition) is 5. The molecule has 1 aliphatic heterocycles. The summed E-state index contributed by atoms with van der Waals surface area (Å²) in [7, 11) is 0. The van der Waals surface area contributed by atoms with Gasteiger partial charge >= 0.3 is 5.97 Å². The number of nitrogens with zero attached hydrogens (tertiary/aromatic N) is 1. The van der Waals surface area contributed by atoms with Gasteiger partial charge in [0.2, 0.25) is 5.91 Å². The zero-order chi connectivity index (χ0) is 26.2. The van der Waals surface area contributed by atoms with Crippen molar-refractivity contribution in [3.05, 3.63) is 95.6 Å². The lowest BCUT2D eigenvalue weighted by molar-refractivity contribution is -0.146. The first kappa shape index (κ1) is 26.4. The summed E-state index contributed by atoms with van der Waals surface area (Å²) in [4.78, 5) is 28.5. The van der Waals surface area contributed by atoms with E-state index in [2.05, 4.69) is 43.4 Å². The average Bonchev–Trinajstić information content (AvgIpc) is 3.04. The second-order valence-corrected chi connectivity index (χ2v) is 9.65. The number of nitrogens with one attached hydrogen (secondary N) is 1. The monoisotopic (exact) mass is 500 g/mol. The number of carbonyl (C=O) groups excluding carboxylic acids is 2. The number of hydrogen-bond donors (Lipinski definition) is 1. The molecule has 3 aromatic rings. The highest BCUT2D eigenvalue weighted by Crippen LogP contribution is 2.32. The average molecular weight is 501 g/mol. The summed E-state index contributed by atoms with van der Waals surface area (Å²) >= 11 is 0. The van der Waals surface area contributed by atoms with Gasteiger partial charge in [-0.05, 0) is 54.5 Å². The van der Waals surface area contributed by atoms with Gasteiger partial charge in [0.1, 0.15) is 24.4 Å². The molecule has 0 aromatic heterocycles. The van der Waals surface area contributed by atoms with E-state index in [9.17, 15) is 9.59 Å². The number of para-hydroxylation sites is 2. The molecule has 194 valence electrons. The van der Waals surface area contributed by atoms with Crippen molar-refractivity contribution in [3.8, 4) is 5.75 Å². The number of aryl methyl sites for hydroxylation is 1. The van der Waals surface area contributed by atoms with E-state index in [1.807, 2.05) is 54.6 Å². The molecule has 0 spiro atoms. The third-order valence-corrected chi connectivity index (χ3v) is 6.65. The molecule has 37 heavy (non-hydrogen) atoms. The Labute approximate surface area is 219 Å². The Balaban J connectivity index is 1.56. The SMILES string of the molecule is CCOC(=O)[C@H](CCc1ccccc1)NC1COc2ccccc2N(Cc2ccc(C(C)C)cc2)C1=O. The molecule has 0 radical (unpaired) electrons. The van der Waals surface area contributed by atoms with Gasteiger partial charge in [-0.1, -0.05) is 80.6 Å². The lowest BCUT2D eigenvalue weighted by Crippen LogP contribution is -2.54. The van der Waals surface area contributed by atoms with E-state index in [-0.39, 0.29) is 25.1 Å². The molecule has 1 heterocycles. The number of rotatable bonds is 10. The third-order valence-electron chi connectivity index (χ3n) is 6.65. The minimum absolute atomic E-state index is 0.125. The first-order chi connectivity index (χ1) is 18.0. The molecule has 1 amide bonds. The van der Waals surface area contributed by atoms with Crippen LogP contribution in [0.2, 0.25) is 0 Å². The number of amides is 1. The summed E-state index contributed by atoms with van der Waals surface area (Å²) in [6.45, 7) is 6.92. The minimum atomic E-state index is -0.701. The maximum Gasteiger partial charge on any atom is 0.323 e. The van der Waals surface area contributed by atoms with Crippen LogP contribution in [0.3, 0.4) is 0 Å². The standard InChI is InChI=1S/C31H36N2O4/c1-4-36-31(35)26(19-16-23-10-6-5-7-11-23)32-27-21-37-29-13-9-8-12-28(29)33(30(27)34)20-24-14-17-25(18-15-24)22(2)3/h5-15,17-18,22,26-27,32H,4,16,19-21H2,1-3H3/t26-,27?/m0/s1. The lowest BCUT2D eigenvalue weighted by atomic mass is 10.0. The molecule has 0 bridgehead atoms. The molecule has 0 fully saturated rings. The maximum absolute atomic E-state index is 13.9. The Morgan fingerprint density at radius 3 is 2.41 bits per heavy atom. The van der Waals surface area contributed by atoms with Crippen LogP contribution in [0.5, 0.6) is 5.75 Å². The van der Waals surface area contributed by atoms with E-state index in [1.54, 1.807) is 11.8 Å². The molecule has 0 aliphatic carbocycles. The van der Waals surface area contributed by atoms with Gasteiger partial charge in [-0.25, -0.2) is 0 Å². The molecule has 1 N–H and O–H groups in total. The molecular formula is C31H36N2O4. The highest BCUT2D eigenvalue weighted by Gasteiger charge is 2.34. The Hall–Kier alpha value is -3.64. The fraction of sp³-hybridized carbons (Fsp3) is 0.355. The molecule has 0 saturated carbocycles. The van der Waals surface area contributed by atoms with Crippen LogP contribution in [0.25, 0.3) is 0 Å². The van der Waals surface area contributed by atoms with Crippen molar-refractivity contribution in [1.29, 1.82) is 0 Å². The summed E-state index contributed by atoms with van der Waals surface area (Å²) in [5.41, 5.74) is 4.13. The molecule has 4 rings (SSSR count). The fourth-order valence-corrected chi connectivity index (χ4v) is 4.54. The van der Waals surface area contributed by atoms with Gasteiger partial charge in [0, 0.05) is 0 Å². The molecule has 6 nitrogen and oxygen atoms in total. The predicted octanol–water partition coefficient (Wildman–Crippen LogP) is 5.26. The molecule has 6 heteroatoms. The van der Waals surface area contributed by atoms with Crippen LogP contribution in [0.1, 0.15) is 49.8 Å². The predicted molar refractivity (Wildman–Crippen MR) is 146 cm³/mol. The number of fused-ring (bicyclic) bond motifs is 1. The number of benzene rings is 3. The highest BCUT2D eigenvalue weighted by atomic mass is 16.5. The van der Waals surface area contributed by atoms with Crippen molar-refractivity contribution >= 4 is 17.6 Å². The summed E-state index contributed by atoms with van der Waals surface area (Å²) in [5.74, 6) is 0.596. The van der Waals surface area contributed by atoms with Crippen LogP contribution in [0, 0.1) is 0 Å². The first-order valence-electron chi connectivity index (χ1n) is 13.0. The smallest absolute Gasteiger partial charge is 0.323 e. The van der Waals surface area contributed by atoms with Crippen LogP contribution in [0.4, 0.5) is 5.69 Å². The van der Waals surface area contributed by atoms with Gasteiger partial charge in [-0.2, -0.15) is 0 Å². The molecule has 1 unspecified atom stereocenters. The van der Waals surface area contributed by atoms with Crippen LogP contribution in [-0.2, 0) is 27.3 Å². The summed E-state index contributed by atoms with van der Waals surface area (Å²) in [6.07, 6.45) is 1.20. The minimum Gasteiger partial charge on any atom is -0.489 e. The Morgan fingerprint density at radius 2 is 1.70 bits per heavy atom. The van der Waals surface area contributed by atoms with Gasteiger partial charge in [-0.15, -0.1) is 0 Å². The van der Waals surface area contributed by atoms with Crippen molar-refractivity contribution in [2.45, 2.75) is 58.2 Å². The van der Waals surface area contributed by atoms with Gasteiger partial charge in [0.15, 0.2) is 0 Å². The van der Waals surface area contributed by atoms with Crippen LogP contribution < -0.4 is 15.0 Å². The van der Waals surface area contributed by atoms with Crippen molar-refractivity contribution in [3.63, 3.8) is 0 Å². The van der Waals surface area contributed by atoms with Crippen molar-refractivity contribution in [2.24, 2.45) is 0 Å². The second-order valence-electron chi connectivity index (χ2n) is 9.65. The van der Waals surface area contributed by atoms with E-state index in [0.717, 1.165) is 16.8 Å². The van der Waals surface area contributed by atoms with Gasteiger partial charge in [-0.3, -0.25) is 14.9 Å². The topological polar surface area (TPSA) is 67.9 Å². The Morgan fingerprint density at radius 1 is 1.00 bits per heavy atom. The van der Waals surface area contributed by atoms with E-state index >= 15 is 0 Å². The zero-order valence-electron chi connectivity index (χ0n) is 21.9.